The normalized spacial score (nSPS) is 21.5. The van der Waals surface area contributed by atoms with Crippen molar-refractivity contribution in [2.75, 3.05) is 6.61 Å². The van der Waals surface area contributed by atoms with E-state index in [9.17, 15) is 0 Å². The second kappa shape index (κ2) is 9.33. The summed E-state index contributed by atoms with van der Waals surface area (Å²) in [5, 5.41) is 4.36. The highest BCUT2D eigenvalue weighted by atomic mass is 32.1. The first-order chi connectivity index (χ1) is 15.7. The SMILES string of the molecule is CCOc1ccc(-c2ccc([C@@H]3[C@@H](c4ccccn4)NC(=S)N3C3CCCCC3)o2)cc1. The van der Waals surface area contributed by atoms with Crippen molar-refractivity contribution in [1.29, 1.82) is 0 Å². The average molecular weight is 448 g/mol. The van der Waals surface area contributed by atoms with E-state index in [4.69, 9.17) is 21.4 Å². The number of nitrogens with zero attached hydrogens (tertiary/aromatic N) is 2. The van der Waals surface area contributed by atoms with Crippen molar-refractivity contribution in [1.82, 2.24) is 15.2 Å². The van der Waals surface area contributed by atoms with Crippen LogP contribution in [0.5, 0.6) is 5.75 Å². The summed E-state index contributed by atoms with van der Waals surface area (Å²) < 4.78 is 12.0. The third-order valence-electron chi connectivity index (χ3n) is 6.47. The average Bonchev–Trinajstić information content (AvgIpc) is 3.45. The topological polar surface area (TPSA) is 50.5 Å². The van der Waals surface area contributed by atoms with Gasteiger partial charge in [0.2, 0.25) is 0 Å². The van der Waals surface area contributed by atoms with Crippen LogP contribution in [0.15, 0.2) is 65.2 Å². The Morgan fingerprint density at radius 2 is 1.88 bits per heavy atom. The number of hydrogen-bond acceptors (Lipinski definition) is 4. The van der Waals surface area contributed by atoms with Crippen LogP contribution in [0.4, 0.5) is 0 Å². The molecule has 1 aliphatic carbocycles. The fourth-order valence-electron chi connectivity index (χ4n) is 4.97. The van der Waals surface area contributed by atoms with Crippen LogP contribution in [-0.4, -0.2) is 27.6 Å². The second-order valence-electron chi connectivity index (χ2n) is 8.49. The molecule has 1 N–H and O–H groups in total. The predicted molar refractivity (Wildman–Crippen MR) is 129 cm³/mol. The fraction of sp³-hybridized carbons (Fsp3) is 0.385. The molecule has 0 amide bonds. The zero-order valence-corrected chi connectivity index (χ0v) is 19.2. The molecule has 2 fully saturated rings. The number of nitrogens with one attached hydrogen (secondary N) is 1. The predicted octanol–water partition coefficient (Wildman–Crippen LogP) is 6.05. The highest BCUT2D eigenvalue weighted by Gasteiger charge is 2.44. The van der Waals surface area contributed by atoms with Gasteiger partial charge >= 0.3 is 0 Å². The number of thiocarbonyl (C=S) groups is 1. The van der Waals surface area contributed by atoms with Gasteiger partial charge in [0, 0.05) is 17.8 Å². The van der Waals surface area contributed by atoms with Crippen molar-refractivity contribution in [3.63, 3.8) is 0 Å². The van der Waals surface area contributed by atoms with Crippen LogP contribution < -0.4 is 10.1 Å². The third kappa shape index (κ3) is 4.11. The van der Waals surface area contributed by atoms with E-state index in [2.05, 4.69) is 33.4 Å². The minimum absolute atomic E-state index is 0.0167. The molecular formula is C26H29N3O2S. The summed E-state index contributed by atoms with van der Waals surface area (Å²) >= 11 is 5.85. The van der Waals surface area contributed by atoms with Crippen LogP contribution in [0, 0.1) is 0 Å². The standard InChI is InChI=1S/C26H29N3O2S/c1-2-30-20-13-11-18(12-14-20)22-15-16-23(31-22)25-24(21-10-6-7-17-27-21)28-26(32)29(25)19-8-4-3-5-9-19/h6-7,10-17,19,24-25H,2-5,8-9H2,1H3,(H,28,32)/t24-,25-/m1/s1. The molecular weight excluding hydrogens is 418 g/mol. The highest BCUT2D eigenvalue weighted by Crippen LogP contribution is 2.43. The van der Waals surface area contributed by atoms with Gasteiger partial charge in [-0.3, -0.25) is 4.98 Å². The smallest absolute Gasteiger partial charge is 0.170 e. The molecule has 1 saturated heterocycles. The van der Waals surface area contributed by atoms with Crippen LogP contribution in [-0.2, 0) is 0 Å². The van der Waals surface area contributed by atoms with Crippen molar-refractivity contribution >= 4 is 17.3 Å². The van der Waals surface area contributed by atoms with Crippen molar-refractivity contribution in [2.45, 2.75) is 57.2 Å². The molecule has 3 heterocycles. The minimum Gasteiger partial charge on any atom is -0.494 e. The number of aromatic nitrogens is 1. The lowest BCUT2D eigenvalue weighted by atomic mass is 9.92. The highest BCUT2D eigenvalue weighted by molar-refractivity contribution is 7.80. The third-order valence-corrected chi connectivity index (χ3v) is 6.80. The Kier molecular flexibility index (Phi) is 6.12. The molecule has 0 radical (unpaired) electrons. The summed E-state index contributed by atoms with van der Waals surface area (Å²) in [7, 11) is 0. The second-order valence-corrected chi connectivity index (χ2v) is 8.87. The molecule has 0 spiro atoms. The van der Waals surface area contributed by atoms with Gasteiger partial charge in [0.15, 0.2) is 5.11 Å². The van der Waals surface area contributed by atoms with Crippen LogP contribution in [0.25, 0.3) is 11.3 Å². The number of furan rings is 1. The summed E-state index contributed by atoms with van der Waals surface area (Å²) in [4.78, 5) is 7.02. The fourth-order valence-corrected chi connectivity index (χ4v) is 5.36. The van der Waals surface area contributed by atoms with E-state index < -0.39 is 0 Å². The minimum atomic E-state index is -0.0371. The number of rotatable bonds is 6. The van der Waals surface area contributed by atoms with Gasteiger partial charge in [0.1, 0.15) is 23.3 Å². The largest absolute Gasteiger partial charge is 0.494 e. The van der Waals surface area contributed by atoms with Gasteiger partial charge in [-0.05, 0) is 80.5 Å². The molecule has 3 aromatic rings. The van der Waals surface area contributed by atoms with Gasteiger partial charge in [-0.15, -0.1) is 0 Å². The zero-order valence-electron chi connectivity index (χ0n) is 18.4. The molecule has 2 atom stereocenters. The quantitative estimate of drug-likeness (QED) is 0.465. The Morgan fingerprint density at radius 1 is 1.06 bits per heavy atom. The Hall–Kier alpha value is -2.86. The van der Waals surface area contributed by atoms with Crippen molar-refractivity contribution < 1.29 is 9.15 Å². The summed E-state index contributed by atoms with van der Waals surface area (Å²) in [5.41, 5.74) is 2.02. The van der Waals surface area contributed by atoms with E-state index >= 15 is 0 Å². The van der Waals surface area contributed by atoms with Crippen LogP contribution in [0.2, 0.25) is 0 Å². The van der Waals surface area contributed by atoms with Gasteiger partial charge in [0.25, 0.3) is 0 Å². The van der Waals surface area contributed by atoms with Gasteiger partial charge in [-0.2, -0.15) is 0 Å². The molecule has 5 rings (SSSR count). The molecule has 0 unspecified atom stereocenters. The lowest BCUT2D eigenvalue weighted by Gasteiger charge is -2.36. The van der Waals surface area contributed by atoms with Gasteiger partial charge < -0.3 is 19.4 Å². The van der Waals surface area contributed by atoms with Crippen molar-refractivity contribution in [3.8, 4) is 17.1 Å². The van der Waals surface area contributed by atoms with Gasteiger partial charge in [0.05, 0.1) is 18.3 Å². The lowest BCUT2D eigenvalue weighted by molar-refractivity contribution is 0.179. The van der Waals surface area contributed by atoms with E-state index in [1.807, 2.05) is 49.5 Å². The number of ether oxygens (including phenoxy) is 1. The molecule has 1 aliphatic heterocycles. The molecule has 1 aromatic carbocycles. The Bertz CT molecular complexity index is 1040. The molecule has 1 saturated carbocycles. The lowest BCUT2D eigenvalue weighted by Crippen LogP contribution is -2.40. The van der Waals surface area contributed by atoms with Crippen molar-refractivity contribution in [3.05, 3.63) is 72.2 Å². The Balaban J connectivity index is 1.49. The number of benzene rings is 1. The van der Waals surface area contributed by atoms with E-state index in [1.165, 1.54) is 32.1 Å². The summed E-state index contributed by atoms with van der Waals surface area (Å²) in [6, 6.07) is 18.6. The molecule has 2 aliphatic rings. The maximum Gasteiger partial charge on any atom is 0.170 e. The van der Waals surface area contributed by atoms with Crippen LogP contribution >= 0.6 is 12.2 Å². The van der Waals surface area contributed by atoms with Crippen molar-refractivity contribution in [2.24, 2.45) is 0 Å². The summed E-state index contributed by atoms with van der Waals surface area (Å²) in [5.74, 6) is 2.64. The summed E-state index contributed by atoms with van der Waals surface area (Å²) in [6.45, 7) is 2.65. The van der Waals surface area contributed by atoms with Crippen LogP contribution in [0.1, 0.15) is 62.6 Å². The monoisotopic (exact) mass is 447 g/mol. The number of pyridine rings is 1. The first-order valence-electron chi connectivity index (χ1n) is 11.6. The van der Waals surface area contributed by atoms with E-state index in [0.717, 1.165) is 33.6 Å². The van der Waals surface area contributed by atoms with E-state index in [0.29, 0.717) is 12.6 Å². The first kappa shape index (κ1) is 21.0. The number of hydrogen-bond donors (Lipinski definition) is 1. The van der Waals surface area contributed by atoms with Gasteiger partial charge in [-0.25, -0.2) is 0 Å². The Labute approximate surface area is 194 Å². The molecule has 166 valence electrons. The van der Waals surface area contributed by atoms with E-state index in [-0.39, 0.29) is 12.1 Å². The molecule has 6 heteroatoms. The maximum absolute atomic E-state index is 6.46. The summed E-state index contributed by atoms with van der Waals surface area (Å²) in [6.07, 6.45) is 7.98. The first-order valence-corrected chi connectivity index (χ1v) is 12.0. The van der Waals surface area contributed by atoms with Gasteiger partial charge in [-0.1, -0.05) is 25.3 Å². The molecule has 5 nitrogen and oxygen atoms in total. The van der Waals surface area contributed by atoms with Crippen LogP contribution in [0.3, 0.4) is 0 Å². The zero-order chi connectivity index (χ0) is 21.9. The Morgan fingerprint density at radius 3 is 2.59 bits per heavy atom. The molecule has 0 bridgehead atoms. The molecule has 32 heavy (non-hydrogen) atoms. The maximum atomic E-state index is 6.46. The van der Waals surface area contributed by atoms with E-state index in [1.54, 1.807) is 0 Å². The molecule has 2 aromatic heterocycles.